The van der Waals surface area contributed by atoms with E-state index < -0.39 is 0 Å². The minimum absolute atomic E-state index is 0.729. The molecule has 0 bridgehead atoms. The molecule has 0 aromatic heterocycles. The molecule has 3 N–H and O–H groups in total. The van der Waals surface area contributed by atoms with Crippen molar-refractivity contribution in [3.8, 4) is 0 Å². The summed E-state index contributed by atoms with van der Waals surface area (Å²) < 4.78 is 0. The fourth-order valence-electron chi connectivity index (χ4n) is 3.01. The predicted octanol–water partition coefficient (Wildman–Crippen LogP) is 2.03. The quantitative estimate of drug-likeness (QED) is 0.607. The molecule has 0 radical (unpaired) electrons. The van der Waals surface area contributed by atoms with Crippen LogP contribution in [0.1, 0.15) is 31.2 Å². The van der Waals surface area contributed by atoms with Crippen LogP contribution in [0.3, 0.4) is 0 Å². The molecule has 104 valence electrons. The minimum Gasteiger partial charge on any atom is -0.399 e. The number of nitrogens with zero attached hydrogens (tertiary/aromatic N) is 1. The molecule has 2 aliphatic rings. The molecule has 1 aliphatic heterocycles. The van der Waals surface area contributed by atoms with Gasteiger partial charge in [0.2, 0.25) is 0 Å². The largest absolute Gasteiger partial charge is 0.399 e. The van der Waals surface area contributed by atoms with Gasteiger partial charge in [-0.25, -0.2) is 0 Å². The molecule has 1 aromatic rings. The van der Waals surface area contributed by atoms with Gasteiger partial charge in [0.05, 0.1) is 0 Å². The zero-order valence-corrected chi connectivity index (χ0v) is 11.6. The molecule has 3 rings (SSSR count). The summed E-state index contributed by atoms with van der Waals surface area (Å²) in [5, 5.41) is 3.71. The average Bonchev–Trinajstić information content (AvgIpc) is 3.17. The van der Waals surface area contributed by atoms with Gasteiger partial charge in [-0.3, -0.25) is 4.90 Å². The lowest BCUT2D eigenvalue weighted by Crippen LogP contribution is -2.34. The van der Waals surface area contributed by atoms with E-state index in [1.54, 1.807) is 0 Å². The summed E-state index contributed by atoms with van der Waals surface area (Å²) in [5.74, 6) is 0. The smallest absolute Gasteiger partial charge is 0.0314 e. The van der Waals surface area contributed by atoms with Crippen molar-refractivity contribution in [1.29, 1.82) is 0 Å². The molecule has 1 unspecified atom stereocenters. The van der Waals surface area contributed by atoms with E-state index in [2.05, 4.69) is 22.3 Å². The summed E-state index contributed by atoms with van der Waals surface area (Å²) in [6.07, 6.45) is 6.56. The molecular weight excluding hydrogens is 234 g/mol. The van der Waals surface area contributed by atoms with E-state index in [1.807, 2.05) is 12.1 Å². The number of rotatable bonds is 6. The second-order valence-corrected chi connectivity index (χ2v) is 6.01. The number of nitrogens with two attached hydrogens (primary N) is 1. The molecule has 0 spiro atoms. The zero-order chi connectivity index (χ0) is 13.1. The van der Waals surface area contributed by atoms with Gasteiger partial charge >= 0.3 is 0 Å². The fourth-order valence-corrected chi connectivity index (χ4v) is 3.01. The van der Waals surface area contributed by atoms with Gasteiger partial charge < -0.3 is 11.1 Å². The highest BCUT2D eigenvalue weighted by Gasteiger charge is 2.33. The lowest BCUT2D eigenvalue weighted by atomic mass is 10.1. The van der Waals surface area contributed by atoms with E-state index in [4.69, 9.17) is 5.73 Å². The summed E-state index contributed by atoms with van der Waals surface area (Å²) in [6.45, 7) is 3.71. The van der Waals surface area contributed by atoms with Crippen LogP contribution in [0.2, 0.25) is 0 Å². The first-order chi connectivity index (χ1) is 9.31. The lowest BCUT2D eigenvalue weighted by molar-refractivity contribution is 0.317. The number of hydrogen-bond donors (Lipinski definition) is 2. The third kappa shape index (κ3) is 3.71. The van der Waals surface area contributed by atoms with Crippen LogP contribution in [-0.4, -0.2) is 36.6 Å². The maximum atomic E-state index is 5.69. The summed E-state index contributed by atoms with van der Waals surface area (Å²) in [7, 11) is 0. The molecule has 1 heterocycles. The van der Waals surface area contributed by atoms with E-state index in [9.17, 15) is 0 Å². The van der Waals surface area contributed by atoms with Gasteiger partial charge in [0.15, 0.2) is 0 Å². The van der Waals surface area contributed by atoms with Crippen molar-refractivity contribution >= 4 is 5.69 Å². The Morgan fingerprint density at radius 1 is 1.16 bits per heavy atom. The molecule has 1 saturated carbocycles. The third-order valence-electron chi connectivity index (χ3n) is 4.34. The van der Waals surface area contributed by atoms with Crippen molar-refractivity contribution in [2.24, 2.45) is 0 Å². The number of hydrogen-bond acceptors (Lipinski definition) is 3. The van der Waals surface area contributed by atoms with Crippen LogP contribution in [0.25, 0.3) is 0 Å². The van der Waals surface area contributed by atoms with Gasteiger partial charge in [-0.1, -0.05) is 12.1 Å². The highest BCUT2D eigenvalue weighted by atomic mass is 15.2. The van der Waals surface area contributed by atoms with E-state index in [0.717, 1.165) is 30.7 Å². The first-order valence-corrected chi connectivity index (χ1v) is 7.63. The normalized spacial score (nSPS) is 23.9. The Morgan fingerprint density at radius 3 is 2.68 bits per heavy atom. The molecule has 3 heteroatoms. The molecule has 0 amide bonds. The van der Waals surface area contributed by atoms with Crippen LogP contribution >= 0.6 is 0 Å². The SMILES string of the molecule is Nc1ccc(CCCNC2CCN(C3CC3)C2)cc1. The van der Waals surface area contributed by atoms with Gasteiger partial charge in [0, 0.05) is 30.9 Å². The van der Waals surface area contributed by atoms with E-state index >= 15 is 0 Å². The Hall–Kier alpha value is -1.06. The van der Waals surface area contributed by atoms with Crippen molar-refractivity contribution in [3.05, 3.63) is 29.8 Å². The molecule has 3 nitrogen and oxygen atoms in total. The number of likely N-dealkylation sites (tertiary alicyclic amines) is 1. The van der Waals surface area contributed by atoms with Crippen molar-refractivity contribution < 1.29 is 0 Å². The maximum absolute atomic E-state index is 5.69. The Balaban J connectivity index is 1.31. The Morgan fingerprint density at radius 2 is 1.95 bits per heavy atom. The van der Waals surface area contributed by atoms with Crippen LogP contribution in [0, 0.1) is 0 Å². The average molecular weight is 259 g/mol. The number of nitrogen functional groups attached to an aromatic ring is 1. The van der Waals surface area contributed by atoms with Crippen LogP contribution in [0.5, 0.6) is 0 Å². The monoisotopic (exact) mass is 259 g/mol. The zero-order valence-electron chi connectivity index (χ0n) is 11.6. The Bertz CT molecular complexity index is 397. The van der Waals surface area contributed by atoms with Crippen molar-refractivity contribution in [3.63, 3.8) is 0 Å². The molecular formula is C16H25N3. The molecule has 19 heavy (non-hydrogen) atoms. The van der Waals surface area contributed by atoms with Crippen LogP contribution in [0.15, 0.2) is 24.3 Å². The van der Waals surface area contributed by atoms with Crippen molar-refractivity contribution in [1.82, 2.24) is 10.2 Å². The summed E-state index contributed by atoms with van der Waals surface area (Å²) in [4.78, 5) is 2.66. The first kappa shape index (κ1) is 12.9. The Labute approximate surface area is 116 Å². The van der Waals surface area contributed by atoms with E-state index in [-0.39, 0.29) is 0 Å². The highest BCUT2D eigenvalue weighted by Crippen LogP contribution is 2.29. The molecule has 1 saturated heterocycles. The van der Waals surface area contributed by atoms with Crippen LogP contribution in [-0.2, 0) is 6.42 Å². The van der Waals surface area contributed by atoms with Gasteiger partial charge in [-0.15, -0.1) is 0 Å². The second-order valence-electron chi connectivity index (χ2n) is 6.01. The van der Waals surface area contributed by atoms with Gasteiger partial charge in [0.1, 0.15) is 0 Å². The van der Waals surface area contributed by atoms with Crippen molar-refractivity contribution in [2.45, 2.75) is 44.2 Å². The number of aryl methyl sites for hydroxylation is 1. The highest BCUT2D eigenvalue weighted by molar-refractivity contribution is 5.39. The van der Waals surface area contributed by atoms with Gasteiger partial charge in [-0.2, -0.15) is 0 Å². The minimum atomic E-state index is 0.729. The third-order valence-corrected chi connectivity index (χ3v) is 4.34. The van der Waals surface area contributed by atoms with E-state index in [1.165, 1.54) is 44.3 Å². The van der Waals surface area contributed by atoms with Crippen molar-refractivity contribution in [2.75, 3.05) is 25.4 Å². The van der Waals surface area contributed by atoms with Crippen LogP contribution < -0.4 is 11.1 Å². The number of benzene rings is 1. The number of nitrogens with one attached hydrogen (secondary N) is 1. The molecule has 1 atom stereocenters. The summed E-state index contributed by atoms with van der Waals surface area (Å²) in [5.41, 5.74) is 7.94. The maximum Gasteiger partial charge on any atom is 0.0314 e. The van der Waals surface area contributed by atoms with Gasteiger partial charge in [0.25, 0.3) is 0 Å². The molecule has 1 aromatic carbocycles. The Kier molecular flexibility index (Phi) is 4.04. The lowest BCUT2D eigenvalue weighted by Gasteiger charge is -2.15. The summed E-state index contributed by atoms with van der Waals surface area (Å²) >= 11 is 0. The molecule has 1 aliphatic carbocycles. The second kappa shape index (κ2) is 5.93. The van der Waals surface area contributed by atoms with Gasteiger partial charge in [-0.05, 0) is 56.3 Å². The van der Waals surface area contributed by atoms with E-state index in [0.29, 0.717) is 0 Å². The van der Waals surface area contributed by atoms with Crippen LogP contribution in [0.4, 0.5) is 5.69 Å². The molecule has 2 fully saturated rings. The standard InChI is InChI=1S/C16H25N3/c17-14-5-3-13(4-6-14)2-1-10-18-15-9-11-19(12-15)16-7-8-16/h3-6,15-16,18H,1-2,7-12,17H2. The predicted molar refractivity (Wildman–Crippen MR) is 80.2 cm³/mol. The first-order valence-electron chi connectivity index (χ1n) is 7.63. The summed E-state index contributed by atoms with van der Waals surface area (Å²) in [6, 6.07) is 9.92. The topological polar surface area (TPSA) is 41.3 Å². The fraction of sp³-hybridized carbons (Fsp3) is 0.625. The number of anilines is 1.